The van der Waals surface area contributed by atoms with Crippen LogP contribution < -0.4 is 10.6 Å². The zero-order valence-electron chi connectivity index (χ0n) is 16.6. The molecule has 0 radical (unpaired) electrons. The molecule has 0 bridgehead atoms. The lowest BCUT2D eigenvalue weighted by Crippen LogP contribution is -2.39. The first-order chi connectivity index (χ1) is 11.1. The Labute approximate surface area is 148 Å². The van der Waals surface area contributed by atoms with Crippen LogP contribution in [0.3, 0.4) is 0 Å². The topological polar surface area (TPSA) is 67.4 Å². The largest absolute Gasteiger partial charge is 0.375 e. The van der Waals surface area contributed by atoms with E-state index >= 15 is 0 Å². The maximum atomic E-state index is 12.3. The van der Waals surface area contributed by atoms with Gasteiger partial charge in [-0.1, -0.05) is 46.5 Å². The summed E-state index contributed by atoms with van der Waals surface area (Å²) in [6.45, 7) is 11.1. The molecule has 0 aromatic heterocycles. The van der Waals surface area contributed by atoms with E-state index < -0.39 is 11.0 Å². The smallest absolute Gasteiger partial charge is 0.225 e. The zero-order valence-corrected chi connectivity index (χ0v) is 16.6. The van der Waals surface area contributed by atoms with E-state index in [1.54, 1.807) is 7.05 Å². The van der Waals surface area contributed by atoms with Crippen LogP contribution in [0.25, 0.3) is 0 Å². The molecule has 0 atom stereocenters. The van der Waals surface area contributed by atoms with Crippen molar-refractivity contribution >= 4 is 11.8 Å². The van der Waals surface area contributed by atoms with Crippen molar-refractivity contribution in [2.75, 3.05) is 20.2 Å². The third-order valence-electron chi connectivity index (χ3n) is 4.27. The van der Waals surface area contributed by atoms with E-state index in [0.717, 1.165) is 13.0 Å². The molecule has 0 spiro atoms. The number of hydrogen-bond donors (Lipinski definition) is 2. The minimum atomic E-state index is -0.522. The van der Waals surface area contributed by atoms with E-state index in [2.05, 4.69) is 17.6 Å². The lowest BCUT2D eigenvalue weighted by atomic mass is 9.88. The van der Waals surface area contributed by atoms with Crippen LogP contribution in [0.2, 0.25) is 0 Å². The lowest BCUT2D eigenvalue weighted by molar-refractivity contribution is -0.133. The molecular weight excluding hydrogens is 304 g/mol. The molecule has 24 heavy (non-hydrogen) atoms. The summed E-state index contributed by atoms with van der Waals surface area (Å²) in [5.74, 6) is 0.0331. The van der Waals surface area contributed by atoms with Gasteiger partial charge < -0.3 is 15.4 Å². The predicted octanol–water partition coefficient (Wildman–Crippen LogP) is 3.42. The van der Waals surface area contributed by atoms with Gasteiger partial charge in [0, 0.05) is 25.6 Å². The summed E-state index contributed by atoms with van der Waals surface area (Å²) in [6.07, 6.45) is 6.89. The van der Waals surface area contributed by atoms with E-state index in [4.69, 9.17) is 4.74 Å². The fourth-order valence-corrected chi connectivity index (χ4v) is 2.39. The van der Waals surface area contributed by atoms with Crippen LogP contribution >= 0.6 is 0 Å². The number of carbonyl (C=O) groups is 2. The van der Waals surface area contributed by atoms with Crippen molar-refractivity contribution in [1.29, 1.82) is 0 Å². The van der Waals surface area contributed by atoms with E-state index in [-0.39, 0.29) is 11.8 Å². The van der Waals surface area contributed by atoms with Gasteiger partial charge in [0.1, 0.15) is 0 Å². The Morgan fingerprint density at radius 1 is 1.00 bits per heavy atom. The van der Waals surface area contributed by atoms with Crippen LogP contribution in [0.4, 0.5) is 0 Å². The first kappa shape index (κ1) is 22.9. The minimum absolute atomic E-state index is 0.0416. The van der Waals surface area contributed by atoms with Gasteiger partial charge in [0.05, 0.1) is 12.0 Å². The highest BCUT2D eigenvalue weighted by Crippen LogP contribution is 2.23. The third kappa shape index (κ3) is 10.6. The summed E-state index contributed by atoms with van der Waals surface area (Å²) < 4.78 is 5.82. The van der Waals surface area contributed by atoms with Gasteiger partial charge in [-0.2, -0.15) is 0 Å². The van der Waals surface area contributed by atoms with E-state index in [1.165, 1.54) is 25.7 Å². The zero-order chi connectivity index (χ0) is 18.6. The number of hydrogen-bond acceptors (Lipinski definition) is 3. The first-order valence-corrected chi connectivity index (χ1v) is 9.27. The average Bonchev–Trinajstić information content (AvgIpc) is 2.49. The summed E-state index contributed by atoms with van der Waals surface area (Å²) in [7, 11) is 1.62. The van der Waals surface area contributed by atoms with Gasteiger partial charge in [-0.3, -0.25) is 9.59 Å². The molecule has 0 aliphatic carbocycles. The fraction of sp³-hybridized carbons (Fsp3) is 0.895. The predicted molar refractivity (Wildman–Crippen MR) is 98.9 cm³/mol. The Hall–Kier alpha value is -1.10. The SMILES string of the molecule is CCCCCCCNC(=O)C(C)(C)CCOC(C)(C)CC(=O)NC. The number of nitrogens with one attached hydrogen (secondary N) is 2. The molecule has 0 fully saturated rings. The van der Waals surface area contributed by atoms with Gasteiger partial charge in [0.2, 0.25) is 11.8 Å². The number of unbranched alkanes of at least 4 members (excludes halogenated alkanes) is 4. The number of ether oxygens (including phenoxy) is 1. The Balaban J connectivity index is 4.06. The van der Waals surface area contributed by atoms with Crippen LogP contribution in [-0.2, 0) is 14.3 Å². The van der Waals surface area contributed by atoms with Crippen LogP contribution in [0.15, 0.2) is 0 Å². The maximum Gasteiger partial charge on any atom is 0.225 e. The van der Waals surface area contributed by atoms with Gasteiger partial charge >= 0.3 is 0 Å². The maximum absolute atomic E-state index is 12.3. The first-order valence-electron chi connectivity index (χ1n) is 9.27. The van der Waals surface area contributed by atoms with Crippen molar-refractivity contribution < 1.29 is 14.3 Å². The van der Waals surface area contributed by atoms with Crippen molar-refractivity contribution in [3.63, 3.8) is 0 Å². The molecular formula is C19H38N2O3. The van der Waals surface area contributed by atoms with Crippen LogP contribution in [0.5, 0.6) is 0 Å². The Kier molecular flexibility index (Phi) is 10.9. The van der Waals surface area contributed by atoms with Gasteiger partial charge in [-0.25, -0.2) is 0 Å². The molecule has 0 aliphatic rings. The van der Waals surface area contributed by atoms with Crippen molar-refractivity contribution in [1.82, 2.24) is 10.6 Å². The minimum Gasteiger partial charge on any atom is -0.375 e. The van der Waals surface area contributed by atoms with Crippen LogP contribution in [0.1, 0.15) is 79.6 Å². The van der Waals surface area contributed by atoms with Crippen molar-refractivity contribution in [2.24, 2.45) is 5.41 Å². The number of carbonyl (C=O) groups excluding carboxylic acids is 2. The molecule has 0 saturated heterocycles. The summed E-state index contributed by atoms with van der Waals surface area (Å²) in [6, 6.07) is 0. The highest BCUT2D eigenvalue weighted by atomic mass is 16.5. The van der Waals surface area contributed by atoms with Gasteiger partial charge in [0.15, 0.2) is 0 Å². The van der Waals surface area contributed by atoms with Gasteiger partial charge in [-0.05, 0) is 26.7 Å². The molecule has 0 aromatic rings. The monoisotopic (exact) mass is 342 g/mol. The van der Waals surface area contributed by atoms with E-state index in [1.807, 2.05) is 27.7 Å². The third-order valence-corrected chi connectivity index (χ3v) is 4.27. The molecule has 0 aliphatic heterocycles. The standard InChI is InChI=1S/C19H38N2O3/c1-7-8-9-10-11-13-21-17(23)18(2,3)12-14-24-19(4,5)15-16(22)20-6/h7-15H2,1-6H3,(H,20,22)(H,21,23). The summed E-state index contributed by atoms with van der Waals surface area (Å²) in [5.41, 5.74) is -0.988. The second-order valence-electron chi connectivity index (χ2n) is 7.76. The second-order valence-corrected chi connectivity index (χ2v) is 7.76. The Morgan fingerprint density at radius 2 is 1.62 bits per heavy atom. The summed E-state index contributed by atoms with van der Waals surface area (Å²) in [5, 5.41) is 5.63. The molecule has 2 amide bonds. The number of amides is 2. The van der Waals surface area contributed by atoms with Crippen molar-refractivity contribution in [3.05, 3.63) is 0 Å². The Morgan fingerprint density at radius 3 is 2.21 bits per heavy atom. The summed E-state index contributed by atoms with van der Waals surface area (Å²) in [4.78, 5) is 23.8. The average molecular weight is 343 g/mol. The molecule has 0 unspecified atom stereocenters. The molecule has 2 N–H and O–H groups in total. The fourth-order valence-electron chi connectivity index (χ4n) is 2.39. The highest BCUT2D eigenvalue weighted by Gasteiger charge is 2.29. The second kappa shape index (κ2) is 11.5. The highest BCUT2D eigenvalue weighted by molar-refractivity contribution is 5.81. The normalized spacial score (nSPS) is 12.1. The van der Waals surface area contributed by atoms with E-state index in [9.17, 15) is 9.59 Å². The van der Waals surface area contributed by atoms with Crippen LogP contribution in [-0.4, -0.2) is 37.6 Å². The van der Waals surface area contributed by atoms with E-state index in [0.29, 0.717) is 19.4 Å². The van der Waals surface area contributed by atoms with Crippen molar-refractivity contribution in [3.8, 4) is 0 Å². The molecule has 142 valence electrons. The molecule has 0 heterocycles. The Bertz CT molecular complexity index is 379. The van der Waals surface area contributed by atoms with Gasteiger partial charge in [0.25, 0.3) is 0 Å². The molecule has 5 heteroatoms. The number of rotatable bonds is 13. The molecule has 5 nitrogen and oxygen atoms in total. The molecule has 0 aromatic carbocycles. The van der Waals surface area contributed by atoms with Gasteiger partial charge in [-0.15, -0.1) is 0 Å². The molecule has 0 saturated carbocycles. The van der Waals surface area contributed by atoms with Crippen molar-refractivity contribution in [2.45, 2.75) is 85.2 Å². The lowest BCUT2D eigenvalue weighted by Gasteiger charge is -2.28. The quantitative estimate of drug-likeness (QED) is 0.504. The van der Waals surface area contributed by atoms with Crippen LogP contribution in [0, 0.1) is 5.41 Å². The molecule has 0 rings (SSSR count). The summed E-state index contributed by atoms with van der Waals surface area (Å²) >= 11 is 0.